The highest BCUT2D eigenvalue weighted by molar-refractivity contribution is 8.00. The summed E-state index contributed by atoms with van der Waals surface area (Å²) < 4.78 is 15.9. The lowest BCUT2D eigenvalue weighted by atomic mass is 10.2. The van der Waals surface area contributed by atoms with Crippen LogP contribution in [0.5, 0.6) is 0 Å². The van der Waals surface area contributed by atoms with Crippen LogP contribution in [0.4, 0.5) is 10.1 Å². The molecule has 0 fully saturated rings. The summed E-state index contributed by atoms with van der Waals surface area (Å²) in [4.78, 5) is 13.3. The Morgan fingerprint density at radius 2 is 1.97 bits per heavy atom. The molecule has 0 aliphatic rings. The van der Waals surface area contributed by atoms with Crippen LogP contribution < -0.4 is 5.32 Å². The predicted octanol–water partition coefficient (Wildman–Crippen LogP) is 4.62. The molecule has 1 heterocycles. The normalized spacial score (nSPS) is 10.4. The summed E-state index contributed by atoms with van der Waals surface area (Å²) in [5.74, 6) is 0.172. The molecule has 3 rings (SSSR count). The van der Waals surface area contributed by atoms with Gasteiger partial charge in [0.15, 0.2) is 11.0 Å². The van der Waals surface area contributed by atoms with Crippen molar-refractivity contribution in [1.29, 1.82) is 5.26 Å². The van der Waals surface area contributed by atoms with Gasteiger partial charge in [0.2, 0.25) is 5.91 Å². The maximum Gasteiger partial charge on any atom is 0.234 e. The van der Waals surface area contributed by atoms with Crippen LogP contribution in [0.25, 0.3) is 11.4 Å². The Kier molecular flexibility index (Phi) is 7.65. The number of anilines is 1. The maximum absolute atomic E-state index is 14.2. The van der Waals surface area contributed by atoms with Gasteiger partial charge in [-0.05, 0) is 24.3 Å². The molecule has 9 heteroatoms. The van der Waals surface area contributed by atoms with Gasteiger partial charge in [0, 0.05) is 11.4 Å². The Morgan fingerprint density at radius 1 is 1.20 bits per heavy atom. The fourth-order valence-corrected chi connectivity index (χ4v) is 4.07. The van der Waals surface area contributed by atoms with Crippen LogP contribution >= 0.6 is 23.5 Å². The fourth-order valence-electron chi connectivity index (χ4n) is 2.65. The summed E-state index contributed by atoms with van der Waals surface area (Å²) in [6.45, 7) is 4.12. The number of carbonyl (C=O) groups excluding carboxylic acids is 1. The number of aromatic nitrogens is 3. The van der Waals surface area contributed by atoms with Crippen LogP contribution in [-0.2, 0) is 11.3 Å². The number of carbonyl (C=O) groups is 1. The van der Waals surface area contributed by atoms with E-state index >= 15 is 0 Å². The van der Waals surface area contributed by atoms with Crippen molar-refractivity contribution in [3.8, 4) is 17.5 Å². The molecule has 0 atom stereocenters. The molecular weight excluding hydrogens is 421 g/mol. The zero-order chi connectivity index (χ0) is 21.3. The summed E-state index contributed by atoms with van der Waals surface area (Å²) in [6.07, 6.45) is 1.67. The van der Waals surface area contributed by atoms with Crippen molar-refractivity contribution in [2.45, 2.75) is 16.6 Å². The van der Waals surface area contributed by atoms with E-state index in [1.54, 1.807) is 34.9 Å². The van der Waals surface area contributed by atoms with Gasteiger partial charge < -0.3 is 5.32 Å². The van der Waals surface area contributed by atoms with Crippen LogP contribution in [0, 0.1) is 17.1 Å². The first-order valence-electron chi connectivity index (χ1n) is 8.94. The van der Waals surface area contributed by atoms with E-state index in [0.717, 1.165) is 4.90 Å². The monoisotopic (exact) mass is 439 g/mol. The summed E-state index contributed by atoms with van der Waals surface area (Å²) in [7, 11) is 0. The van der Waals surface area contributed by atoms with E-state index in [2.05, 4.69) is 28.2 Å². The third kappa shape index (κ3) is 5.28. The number of halogens is 1. The van der Waals surface area contributed by atoms with Gasteiger partial charge in [0.1, 0.15) is 5.82 Å². The van der Waals surface area contributed by atoms with Crippen LogP contribution in [-0.4, -0.2) is 32.2 Å². The number of nitrogens with zero attached hydrogens (tertiary/aromatic N) is 4. The molecule has 1 N–H and O–H groups in total. The number of para-hydroxylation sites is 1. The molecule has 0 aliphatic heterocycles. The number of thioether (sulfide) groups is 2. The van der Waals surface area contributed by atoms with Crippen LogP contribution in [0.1, 0.15) is 0 Å². The molecule has 0 bridgehead atoms. The second-order valence-electron chi connectivity index (χ2n) is 5.97. The number of hydrogen-bond acceptors (Lipinski definition) is 6. The topological polar surface area (TPSA) is 83.6 Å². The first-order chi connectivity index (χ1) is 14.6. The molecule has 0 unspecified atom stereocenters. The second-order valence-corrected chi connectivity index (χ2v) is 7.92. The lowest BCUT2D eigenvalue weighted by Crippen LogP contribution is -2.15. The molecule has 0 saturated heterocycles. The Balaban J connectivity index is 1.72. The second kappa shape index (κ2) is 10.6. The lowest BCUT2D eigenvalue weighted by molar-refractivity contribution is -0.113. The standard InChI is InChI=1S/C21H18FN5OS2/c1-2-12-27-20(15-7-3-4-8-16(15)22)25-26-21(27)30-14-19(28)24-17-9-5-6-10-18(17)29-13-11-23/h2-10H,1,12-14H2,(H,24,28). The highest BCUT2D eigenvalue weighted by atomic mass is 32.2. The van der Waals surface area contributed by atoms with E-state index in [0.29, 0.717) is 34.5 Å². The van der Waals surface area contributed by atoms with Gasteiger partial charge in [0.05, 0.1) is 28.8 Å². The molecule has 2 aromatic carbocycles. The molecule has 0 radical (unpaired) electrons. The van der Waals surface area contributed by atoms with E-state index in [1.165, 1.54) is 29.6 Å². The van der Waals surface area contributed by atoms with Gasteiger partial charge in [-0.1, -0.05) is 42.1 Å². The van der Waals surface area contributed by atoms with Crippen molar-refractivity contribution in [2.75, 3.05) is 16.8 Å². The van der Waals surface area contributed by atoms with E-state index in [1.807, 2.05) is 18.2 Å². The smallest absolute Gasteiger partial charge is 0.234 e. The molecule has 6 nitrogen and oxygen atoms in total. The van der Waals surface area contributed by atoms with Crippen molar-refractivity contribution < 1.29 is 9.18 Å². The van der Waals surface area contributed by atoms with Gasteiger partial charge in [0.25, 0.3) is 0 Å². The summed E-state index contributed by atoms with van der Waals surface area (Å²) >= 11 is 2.57. The Labute approximate surface area is 182 Å². The maximum atomic E-state index is 14.2. The van der Waals surface area contributed by atoms with Crippen molar-refractivity contribution in [2.24, 2.45) is 0 Å². The van der Waals surface area contributed by atoms with Crippen LogP contribution in [0.3, 0.4) is 0 Å². The third-order valence-corrected chi connectivity index (χ3v) is 5.84. The molecule has 30 heavy (non-hydrogen) atoms. The molecule has 3 aromatic rings. The number of benzene rings is 2. The lowest BCUT2D eigenvalue weighted by Gasteiger charge is -2.10. The minimum Gasteiger partial charge on any atom is -0.324 e. The van der Waals surface area contributed by atoms with Crippen LogP contribution in [0.2, 0.25) is 0 Å². The van der Waals surface area contributed by atoms with E-state index in [4.69, 9.17) is 5.26 Å². The number of hydrogen-bond donors (Lipinski definition) is 1. The van der Waals surface area contributed by atoms with Crippen molar-refractivity contribution in [3.05, 3.63) is 67.0 Å². The minimum absolute atomic E-state index is 0.101. The average molecular weight is 440 g/mol. The predicted molar refractivity (Wildman–Crippen MR) is 118 cm³/mol. The van der Waals surface area contributed by atoms with Crippen LogP contribution in [0.15, 0.2) is 71.2 Å². The Bertz CT molecular complexity index is 1090. The fraction of sp³-hybridized carbons (Fsp3) is 0.143. The minimum atomic E-state index is -0.393. The summed E-state index contributed by atoms with van der Waals surface area (Å²) in [5.41, 5.74) is 0.995. The molecule has 0 spiro atoms. The number of amides is 1. The summed E-state index contributed by atoms with van der Waals surface area (Å²) in [5, 5.41) is 20.4. The van der Waals surface area contributed by atoms with E-state index < -0.39 is 5.82 Å². The molecule has 0 aliphatic carbocycles. The molecular formula is C21H18FN5OS2. The number of rotatable bonds is 9. The van der Waals surface area contributed by atoms with Crippen molar-refractivity contribution in [3.63, 3.8) is 0 Å². The van der Waals surface area contributed by atoms with Crippen molar-refractivity contribution >= 4 is 35.1 Å². The zero-order valence-corrected chi connectivity index (χ0v) is 17.5. The molecule has 152 valence electrons. The molecule has 1 aromatic heterocycles. The van der Waals surface area contributed by atoms with E-state index in [9.17, 15) is 9.18 Å². The number of allylic oxidation sites excluding steroid dienone is 1. The first kappa shape index (κ1) is 21.6. The first-order valence-corrected chi connectivity index (χ1v) is 10.9. The largest absolute Gasteiger partial charge is 0.324 e. The highest BCUT2D eigenvalue weighted by Crippen LogP contribution is 2.28. The zero-order valence-electron chi connectivity index (χ0n) is 15.9. The van der Waals surface area contributed by atoms with Crippen molar-refractivity contribution in [1.82, 2.24) is 14.8 Å². The third-order valence-electron chi connectivity index (χ3n) is 3.93. The Hall–Kier alpha value is -3.09. The Morgan fingerprint density at radius 3 is 2.73 bits per heavy atom. The quantitative estimate of drug-likeness (QED) is 0.387. The van der Waals surface area contributed by atoms with Gasteiger partial charge in [-0.2, -0.15) is 5.26 Å². The van der Waals surface area contributed by atoms with E-state index in [-0.39, 0.29) is 11.7 Å². The summed E-state index contributed by atoms with van der Waals surface area (Å²) in [6, 6.07) is 15.7. The molecule has 0 saturated carbocycles. The van der Waals surface area contributed by atoms with Gasteiger partial charge >= 0.3 is 0 Å². The van der Waals surface area contributed by atoms with Gasteiger partial charge in [-0.25, -0.2) is 4.39 Å². The van der Waals surface area contributed by atoms with Gasteiger partial charge in [-0.3, -0.25) is 9.36 Å². The average Bonchev–Trinajstić information content (AvgIpc) is 3.14. The SMILES string of the molecule is C=CCn1c(SCC(=O)Nc2ccccc2SCC#N)nnc1-c1ccccc1F. The number of nitriles is 1. The highest BCUT2D eigenvalue weighted by Gasteiger charge is 2.17. The number of nitrogens with one attached hydrogen (secondary N) is 1. The van der Waals surface area contributed by atoms with Gasteiger partial charge in [-0.15, -0.1) is 28.5 Å². The molecule has 1 amide bonds.